The van der Waals surface area contributed by atoms with Gasteiger partial charge in [-0.1, -0.05) is 30.3 Å². The summed E-state index contributed by atoms with van der Waals surface area (Å²) in [6.07, 6.45) is 0. The van der Waals surface area contributed by atoms with E-state index in [1.54, 1.807) is 11.8 Å². The molecule has 0 aliphatic rings. The Morgan fingerprint density at radius 2 is 1.95 bits per heavy atom. The van der Waals surface area contributed by atoms with Gasteiger partial charge in [0.25, 0.3) is 5.91 Å². The SMILES string of the molecule is C/C(N)=C/SCc1cccc(C(=O)Nc2ccccc2)c1. The fraction of sp³-hybridized carbons (Fsp3) is 0.118. The third-order valence-corrected chi connectivity index (χ3v) is 3.78. The standard InChI is InChI=1S/C17H18N2OS/c1-13(18)11-21-12-14-6-5-7-15(10-14)17(20)19-16-8-3-2-4-9-16/h2-11H,12,18H2,1H3,(H,19,20)/b13-11-. The van der Waals surface area contributed by atoms with Crippen LogP contribution in [0.3, 0.4) is 0 Å². The minimum atomic E-state index is -0.0985. The van der Waals surface area contributed by atoms with Crippen LogP contribution < -0.4 is 11.1 Å². The van der Waals surface area contributed by atoms with Crippen LogP contribution in [-0.2, 0) is 5.75 Å². The van der Waals surface area contributed by atoms with Crippen LogP contribution in [0.25, 0.3) is 0 Å². The van der Waals surface area contributed by atoms with Gasteiger partial charge in [-0.05, 0) is 42.2 Å². The number of carbonyl (C=O) groups excluding carboxylic acids is 1. The molecule has 0 heterocycles. The van der Waals surface area contributed by atoms with E-state index in [1.165, 1.54) is 0 Å². The Balaban J connectivity index is 2.03. The van der Waals surface area contributed by atoms with Gasteiger partial charge in [-0.15, -0.1) is 11.8 Å². The third-order valence-electron chi connectivity index (χ3n) is 2.74. The van der Waals surface area contributed by atoms with Gasteiger partial charge in [0, 0.05) is 22.7 Å². The molecule has 1 amide bonds. The van der Waals surface area contributed by atoms with Crippen molar-refractivity contribution in [1.29, 1.82) is 0 Å². The van der Waals surface area contributed by atoms with E-state index in [0.29, 0.717) is 5.56 Å². The summed E-state index contributed by atoms with van der Waals surface area (Å²) >= 11 is 1.62. The summed E-state index contributed by atoms with van der Waals surface area (Å²) in [5, 5.41) is 4.80. The maximum atomic E-state index is 12.2. The Kier molecular flexibility index (Phi) is 5.46. The number of anilines is 1. The first-order chi connectivity index (χ1) is 10.1. The Morgan fingerprint density at radius 1 is 1.19 bits per heavy atom. The van der Waals surface area contributed by atoms with Crippen LogP contribution in [0.15, 0.2) is 65.7 Å². The maximum absolute atomic E-state index is 12.2. The van der Waals surface area contributed by atoms with E-state index in [4.69, 9.17) is 5.73 Å². The van der Waals surface area contributed by atoms with E-state index in [1.807, 2.05) is 66.9 Å². The number of thioether (sulfide) groups is 1. The molecule has 0 bridgehead atoms. The molecule has 0 aromatic heterocycles. The Bertz CT molecular complexity index is 634. The van der Waals surface area contributed by atoms with Gasteiger partial charge in [0.15, 0.2) is 0 Å². The summed E-state index contributed by atoms with van der Waals surface area (Å²) in [6, 6.07) is 17.1. The van der Waals surface area contributed by atoms with Gasteiger partial charge in [0.05, 0.1) is 0 Å². The van der Waals surface area contributed by atoms with Gasteiger partial charge in [0.1, 0.15) is 0 Å². The van der Waals surface area contributed by atoms with Gasteiger partial charge >= 0.3 is 0 Å². The normalized spacial score (nSPS) is 11.2. The molecule has 0 aliphatic carbocycles. The first kappa shape index (κ1) is 15.2. The van der Waals surface area contributed by atoms with Crippen molar-refractivity contribution in [3.05, 3.63) is 76.8 Å². The molecular formula is C17H18N2OS. The molecule has 0 saturated heterocycles. The van der Waals surface area contributed by atoms with Gasteiger partial charge < -0.3 is 11.1 Å². The second-order valence-corrected chi connectivity index (χ2v) is 5.55. The van der Waals surface area contributed by atoms with Crippen LogP contribution in [-0.4, -0.2) is 5.91 Å². The van der Waals surface area contributed by atoms with Crippen molar-refractivity contribution in [3.63, 3.8) is 0 Å². The Hall–Kier alpha value is -2.20. The topological polar surface area (TPSA) is 55.1 Å². The van der Waals surface area contributed by atoms with Crippen molar-refractivity contribution in [2.75, 3.05) is 5.32 Å². The van der Waals surface area contributed by atoms with E-state index in [-0.39, 0.29) is 5.91 Å². The average Bonchev–Trinajstić information content (AvgIpc) is 2.48. The molecule has 0 aliphatic heterocycles. The summed E-state index contributed by atoms with van der Waals surface area (Å²) in [5.41, 5.74) is 8.94. The number of hydrogen-bond acceptors (Lipinski definition) is 3. The molecule has 2 aromatic rings. The lowest BCUT2D eigenvalue weighted by Gasteiger charge is -2.06. The zero-order chi connectivity index (χ0) is 15.1. The number of nitrogens with one attached hydrogen (secondary N) is 1. The van der Waals surface area contributed by atoms with Crippen molar-refractivity contribution < 1.29 is 4.79 Å². The van der Waals surface area contributed by atoms with Crippen molar-refractivity contribution in [2.45, 2.75) is 12.7 Å². The number of amides is 1. The highest BCUT2D eigenvalue weighted by molar-refractivity contribution is 8.01. The zero-order valence-electron chi connectivity index (χ0n) is 11.9. The van der Waals surface area contributed by atoms with Crippen LogP contribution in [0, 0.1) is 0 Å². The lowest BCUT2D eigenvalue weighted by atomic mass is 10.1. The first-order valence-corrected chi connectivity index (χ1v) is 7.69. The number of benzene rings is 2. The van der Waals surface area contributed by atoms with E-state index >= 15 is 0 Å². The second-order valence-electron chi connectivity index (χ2n) is 4.69. The number of allylic oxidation sites excluding steroid dienone is 1. The van der Waals surface area contributed by atoms with Crippen LogP contribution in [0.2, 0.25) is 0 Å². The lowest BCUT2D eigenvalue weighted by Crippen LogP contribution is -2.11. The van der Waals surface area contributed by atoms with E-state index in [9.17, 15) is 4.79 Å². The van der Waals surface area contributed by atoms with Gasteiger partial charge in [-0.25, -0.2) is 0 Å². The maximum Gasteiger partial charge on any atom is 0.255 e. The Morgan fingerprint density at radius 3 is 2.67 bits per heavy atom. The van der Waals surface area contributed by atoms with Gasteiger partial charge in [-0.2, -0.15) is 0 Å². The second kappa shape index (κ2) is 7.55. The summed E-state index contributed by atoms with van der Waals surface area (Å²) < 4.78 is 0. The number of para-hydroxylation sites is 1. The monoisotopic (exact) mass is 298 g/mol. The fourth-order valence-corrected chi connectivity index (χ4v) is 2.51. The minimum Gasteiger partial charge on any atom is -0.402 e. The molecule has 0 saturated carbocycles. The molecular weight excluding hydrogens is 280 g/mol. The highest BCUT2D eigenvalue weighted by Gasteiger charge is 2.06. The number of hydrogen-bond donors (Lipinski definition) is 2. The summed E-state index contributed by atoms with van der Waals surface area (Å²) in [5.74, 6) is 0.694. The number of rotatable bonds is 5. The predicted molar refractivity (Wildman–Crippen MR) is 90.1 cm³/mol. The molecule has 2 aromatic carbocycles. The molecule has 3 N–H and O–H groups in total. The molecule has 0 radical (unpaired) electrons. The predicted octanol–water partition coefficient (Wildman–Crippen LogP) is 3.99. The molecule has 0 fully saturated rings. The summed E-state index contributed by atoms with van der Waals surface area (Å²) in [7, 11) is 0. The molecule has 0 spiro atoms. The molecule has 21 heavy (non-hydrogen) atoms. The van der Waals surface area contributed by atoms with E-state index < -0.39 is 0 Å². The van der Waals surface area contributed by atoms with Crippen LogP contribution in [0.4, 0.5) is 5.69 Å². The molecule has 0 atom stereocenters. The van der Waals surface area contributed by atoms with Crippen molar-refractivity contribution in [1.82, 2.24) is 0 Å². The van der Waals surface area contributed by atoms with Gasteiger partial charge in [0.2, 0.25) is 0 Å². The fourth-order valence-electron chi connectivity index (χ4n) is 1.80. The smallest absolute Gasteiger partial charge is 0.255 e. The lowest BCUT2D eigenvalue weighted by molar-refractivity contribution is 0.102. The molecule has 108 valence electrons. The minimum absolute atomic E-state index is 0.0985. The average molecular weight is 298 g/mol. The summed E-state index contributed by atoms with van der Waals surface area (Å²) in [4.78, 5) is 12.2. The van der Waals surface area contributed by atoms with Crippen LogP contribution in [0.1, 0.15) is 22.8 Å². The molecule has 4 heteroatoms. The third kappa shape index (κ3) is 5.00. The van der Waals surface area contributed by atoms with Crippen LogP contribution >= 0.6 is 11.8 Å². The molecule has 0 unspecified atom stereocenters. The summed E-state index contributed by atoms with van der Waals surface area (Å²) in [6.45, 7) is 1.86. The van der Waals surface area contributed by atoms with Crippen molar-refractivity contribution in [3.8, 4) is 0 Å². The zero-order valence-corrected chi connectivity index (χ0v) is 12.7. The number of carbonyl (C=O) groups is 1. The van der Waals surface area contributed by atoms with Crippen molar-refractivity contribution >= 4 is 23.4 Å². The first-order valence-electron chi connectivity index (χ1n) is 6.64. The van der Waals surface area contributed by atoms with Crippen molar-refractivity contribution in [2.24, 2.45) is 5.73 Å². The number of nitrogens with two attached hydrogens (primary N) is 1. The highest BCUT2D eigenvalue weighted by atomic mass is 32.2. The largest absolute Gasteiger partial charge is 0.402 e. The van der Waals surface area contributed by atoms with E-state index in [0.717, 1.165) is 22.7 Å². The molecule has 2 rings (SSSR count). The highest BCUT2D eigenvalue weighted by Crippen LogP contribution is 2.16. The quantitative estimate of drug-likeness (QED) is 0.877. The Labute approximate surface area is 129 Å². The van der Waals surface area contributed by atoms with Gasteiger partial charge in [-0.3, -0.25) is 4.79 Å². The van der Waals surface area contributed by atoms with E-state index in [2.05, 4.69) is 5.32 Å². The molecule has 3 nitrogen and oxygen atoms in total. The van der Waals surface area contributed by atoms with Crippen LogP contribution in [0.5, 0.6) is 0 Å².